The molecule has 3 aliphatic rings. The van der Waals surface area contributed by atoms with Gasteiger partial charge in [-0.25, -0.2) is 9.18 Å². The second-order valence-corrected chi connectivity index (χ2v) is 7.41. The largest absolute Gasteiger partial charge is 0.447 e. The molecule has 2 saturated heterocycles. The second-order valence-electron chi connectivity index (χ2n) is 7.00. The first-order valence-corrected chi connectivity index (χ1v) is 8.61. The lowest BCUT2D eigenvalue weighted by Gasteiger charge is -2.47. The van der Waals surface area contributed by atoms with Crippen molar-refractivity contribution in [2.75, 3.05) is 19.7 Å². The number of ether oxygens (including phenoxy) is 2. The van der Waals surface area contributed by atoms with Crippen molar-refractivity contribution < 1.29 is 23.5 Å². The summed E-state index contributed by atoms with van der Waals surface area (Å²) in [5, 5.41) is 3.13. The smallest absolute Gasteiger partial charge is 0.407 e. The Morgan fingerprint density at radius 1 is 1.44 bits per heavy atom. The molecular weight excluding hydrogens is 351 g/mol. The Morgan fingerprint density at radius 3 is 2.84 bits per heavy atom. The van der Waals surface area contributed by atoms with Crippen LogP contribution in [0, 0.1) is 11.7 Å². The molecule has 134 valence electrons. The molecule has 1 saturated carbocycles. The number of hydrogen-bond donors (Lipinski definition) is 1. The Hall–Kier alpha value is -1.86. The van der Waals surface area contributed by atoms with Crippen LogP contribution in [0.1, 0.15) is 18.4 Å². The van der Waals surface area contributed by atoms with Crippen LogP contribution in [0.4, 0.5) is 9.18 Å². The molecule has 1 aliphatic carbocycles. The van der Waals surface area contributed by atoms with Crippen LogP contribution in [0.25, 0.3) is 0 Å². The molecule has 0 radical (unpaired) electrons. The van der Waals surface area contributed by atoms with Crippen LogP contribution in [0.2, 0.25) is 5.02 Å². The third-order valence-corrected chi connectivity index (χ3v) is 5.47. The Labute approximate surface area is 149 Å². The average molecular weight is 369 g/mol. The number of nitrogens with one attached hydrogen (secondary N) is 1. The van der Waals surface area contributed by atoms with E-state index in [1.807, 2.05) is 0 Å². The summed E-state index contributed by atoms with van der Waals surface area (Å²) in [6, 6.07) is 4.21. The average Bonchev–Trinajstić information content (AvgIpc) is 2.88. The number of hydrogen-bond acceptors (Lipinski definition) is 4. The number of halogens is 2. The maximum atomic E-state index is 13.0. The van der Waals surface area contributed by atoms with Crippen LogP contribution >= 0.6 is 11.6 Å². The number of carbonyl (C=O) groups is 2. The van der Waals surface area contributed by atoms with Gasteiger partial charge in [0.1, 0.15) is 12.4 Å². The first-order valence-electron chi connectivity index (χ1n) is 8.23. The molecule has 0 bridgehead atoms. The molecule has 1 aromatic rings. The molecule has 0 aromatic heterocycles. The predicted octanol–water partition coefficient (Wildman–Crippen LogP) is 2.10. The van der Waals surface area contributed by atoms with Crippen LogP contribution in [0.5, 0.6) is 0 Å². The Kier molecular flexibility index (Phi) is 4.08. The summed E-state index contributed by atoms with van der Waals surface area (Å²) in [6.45, 7) is 1.73. The van der Waals surface area contributed by atoms with Crippen molar-refractivity contribution in [3.05, 3.63) is 34.6 Å². The van der Waals surface area contributed by atoms with Crippen LogP contribution in [-0.2, 0) is 20.9 Å². The number of carbonyl (C=O) groups excluding carboxylic acids is 2. The quantitative estimate of drug-likeness (QED) is 0.883. The fourth-order valence-corrected chi connectivity index (χ4v) is 3.82. The van der Waals surface area contributed by atoms with E-state index in [1.165, 1.54) is 12.1 Å². The van der Waals surface area contributed by atoms with Crippen LogP contribution in [0.15, 0.2) is 18.2 Å². The fraction of sp³-hybridized carbons (Fsp3) is 0.529. The molecule has 8 heteroatoms. The van der Waals surface area contributed by atoms with E-state index in [-0.39, 0.29) is 29.3 Å². The summed E-state index contributed by atoms with van der Waals surface area (Å²) in [7, 11) is 0. The molecule has 25 heavy (non-hydrogen) atoms. The van der Waals surface area contributed by atoms with E-state index in [4.69, 9.17) is 21.1 Å². The Bertz CT molecular complexity index is 717. The minimum atomic E-state index is -0.400. The van der Waals surface area contributed by atoms with E-state index < -0.39 is 6.09 Å². The maximum absolute atomic E-state index is 13.0. The fourth-order valence-electron chi connectivity index (χ4n) is 3.60. The number of nitrogens with zero attached hydrogens (tertiary/aromatic N) is 1. The molecule has 3 fully saturated rings. The molecule has 1 aromatic carbocycles. The summed E-state index contributed by atoms with van der Waals surface area (Å²) in [5.41, 5.74) is 0.392. The van der Waals surface area contributed by atoms with Gasteiger partial charge in [-0.1, -0.05) is 17.7 Å². The molecule has 0 atom stereocenters. The van der Waals surface area contributed by atoms with E-state index in [0.29, 0.717) is 44.2 Å². The Morgan fingerprint density at radius 2 is 2.20 bits per heavy atom. The zero-order valence-corrected chi connectivity index (χ0v) is 14.2. The van der Waals surface area contributed by atoms with E-state index in [2.05, 4.69) is 5.32 Å². The lowest BCUT2D eigenvalue weighted by molar-refractivity contribution is -0.155. The molecular formula is C17H18ClFN2O4. The third-order valence-electron chi connectivity index (χ3n) is 5.12. The van der Waals surface area contributed by atoms with Crippen molar-refractivity contribution in [2.45, 2.75) is 31.1 Å². The van der Waals surface area contributed by atoms with Gasteiger partial charge in [0.25, 0.3) is 0 Å². The lowest BCUT2D eigenvalue weighted by Crippen LogP contribution is -2.62. The topological polar surface area (TPSA) is 67.9 Å². The van der Waals surface area contributed by atoms with Crippen molar-refractivity contribution in [3.8, 4) is 0 Å². The van der Waals surface area contributed by atoms with Crippen molar-refractivity contribution in [3.63, 3.8) is 0 Å². The zero-order chi connectivity index (χ0) is 17.6. The summed E-state index contributed by atoms with van der Waals surface area (Å²) >= 11 is 5.97. The second kappa shape index (κ2) is 6.14. The number of amides is 2. The normalized spacial score (nSPS) is 28.3. The highest BCUT2D eigenvalue weighted by Crippen LogP contribution is 2.42. The summed E-state index contributed by atoms with van der Waals surface area (Å²) < 4.78 is 23.7. The molecule has 2 heterocycles. The van der Waals surface area contributed by atoms with E-state index in [9.17, 15) is 14.0 Å². The maximum Gasteiger partial charge on any atom is 0.407 e. The van der Waals surface area contributed by atoms with E-state index >= 15 is 0 Å². The van der Waals surface area contributed by atoms with Crippen molar-refractivity contribution >= 4 is 23.6 Å². The lowest BCUT2D eigenvalue weighted by atomic mass is 9.68. The first kappa shape index (κ1) is 16.6. The van der Waals surface area contributed by atoms with Gasteiger partial charge in [-0.2, -0.15) is 0 Å². The number of cyclic esters (lactones) is 1. The van der Waals surface area contributed by atoms with E-state index in [0.717, 1.165) is 5.56 Å². The molecule has 2 amide bonds. The van der Waals surface area contributed by atoms with Crippen molar-refractivity contribution in [1.29, 1.82) is 0 Å². The van der Waals surface area contributed by atoms with Gasteiger partial charge in [0.15, 0.2) is 0 Å². The zero-order valence-electron chi connectivity index (χ0n) is 13.5. The Balaban J connectivity index is 1.20. The van der Waals surface area contributed by atoms with Gasteiger partial charge in [-0.05, 0) is 30.5 Å². The molecule has 2 aliphatic heterocycles. The first-order chi connectivity index (χ1) is 11.9. The predicted molar refractivity (Wildman–Crippen MR) is 86.5 cm³/mol. The number of benzene rings is 1. The van der Waals surface area contributed by atoms with Gasteiger partial charge in [0.05, 0.1) is 18.2 Å². The highest BCUT2D eigenvalue weighted by molar-refractivity contribution is 6.31. The minimum Gasteiger partial charge on any atom is -0.447 e. The standard InChI is InChI=1S/C17H18ClFN2O4/c18-14-3-12(19)2-1-10(14)8-24-13-6-21(7-13)15(22)11-4-17(5-11)9-25-16(23)20-17/h1-3,11,13H,4-9H2,(H,20,23). The van der Waals surface area contributed by atoms with Crippen LogP contribution in [-0.4, -0.2) is 48.2 Å². The molecule has 4 rings (SSSR count). The summed E-state index contributed by atoms with van der Waals surface area (Å²) in [5.74, 6) is -0.336. The summed E-state index contributed by atoms with van der Waals surface area (Å²) in [6.07, 6.45) is 0.826. The minimum absolute atomic E-state index is 0.0337. The monoisotopic (exact) mass is 368 g/mol. The molecule has 0 unspecified atom stereocenters. The number of alkyl carbamates (subject to hydrolysis) is 1. The van der Waals surface area contributed by atoms with Crippen molar-refractivity contribution in [1.82, 2.24) is 10.2 Å². The SMILES string of the molecule is O=C1NC2(CO1)CC(C(=O)N1CC(OCc3ccc(F)cc3Cl)C1)C2. The van der Waals surface area contributed by atoms with E-state index in [1.54, 1.807) is 11.0 Å². The third kappa shape index (κ3) is 3.18. The van der Waals surface area contributed by atoms with Crippen molar-refractivity contribution in [2.24, 2.45) is 5.92 Å². The highest BCUT2D eigenvalue weighted by Gasteiger charge is 2.54. The van der Waals surface area contributed by atoms with Gasteiger partial charge in [-0.15, -0.1) is 0 Å². The van der Waals surface area contributed by atoms with Gasteiger partial charge in [0, 0.05) is 24.0 Å². The van der Waals surface area contributed by atoms with Crippen LogP contribution in [0.3, 0.4) is 0 Å². The molecule has 1 spiro atoms. The summed E-state index contributed by atoms with van der Waals surface area (Å²) in [4.78, 5) is 25.3. The van der Waals surface area contributed by atoms with Gasteiger partial charge in [0.2, 0.25) is 5.91 Å². The van der Waals surface area contributed by atoms with Gasteiger partial charge < -0.3 is 19.7 Å². The highest BCUT2D eigenvalue weighted by atomic mass is 35.5. The van der Waals surface area contributed by atoms with Gasteiger partial charge in [-0.3, -0.25) is 4.79 Å². The van der Waals surface area contributed by atoms with Crippen LogP contribution < -0.4 is 5.32 Å². The number of likely N-dealkylation sites (tertiary alicyclic amines) is 1. The molecule has 6 nitrogen and oxygen atoms in total. The van der Waals surface area contributed by atoms with Gasteiger partial charge >= 0.3 is 6.09 Å². The number of rotatable bonds is 4. The molecule has 1 N–H and O–H groups in total.